The average Bonchev–Trinajstić information content (AvgIpc) is 3.42. The van der Waals surface area contributed by atoms with E-state index < -0.39 is 28.9 Å². The first kappa shape index (κ1) is 43.0. The van der Waals surface area contributed by atoms with Crippen LogP contribution >= 0.6 is 0 Å². The van der Waals surface area contributed by atoms with Crippen LogP contribution in [0.2, 0.25) is 0 Å². The van der Waals surface area contributed by atoms with Gasteiger partial charge in [-0.15, -0.1) is 0 Å². The predicted molar refractivity (Wildman–Crippen MR) is 222 cm³/mol. The summed E-state index contributed by atoms with van der Waals surface area (Å²) < 4.78 is 6.20. The second kappa shape index (κ2) is 15.2. The number of esters is 1. The van der Waals surface area contributed by atoms with E-state index in [-0.39, 0.29) is 51.8 Å². The van der Waals surface area contributed by atoms with Gasteiger partial charge in [-0.1, -0.05) is 84.4 Å². The first-order valence-corrected chi connectivity index (χ1v) is 21.8. The zero-order valence-electron chi connectivity index (χ0n) is 36.7. The summed E-state index contributed by atoms with van der Waals surface area (Å²) in [7, 11) is 4.20. The molecule has 5 aliphatic carbocycles. The molecule has 4 fully saturated rings. The van der Waals surface area contributed by atoms with Crippen molar-refractivity contribution in [3.63, 3.8) is 0 Å². The second-order valence-corrected chi connectivity index (χ2v) is 21.6. The Hall–Kier alpha value is -2.55. The summed E-state index contributed by atoms with van der Waals surface area (Å²) >= 11 is 0. The maximum atomic E-state index is 14.3. The molecule has 1 aromatic rings. The molecule has 0 aromatic heterocycles. The number of benzene rings is 1. The lowest BCUT2D eigenvalue weighted by Gasteiger charge is -2.72. The van der Waals surface area contributed by atoms with Gasteiger partial charge in [0.15, 0.2) is 5.78 Å². The van der Waals surface area contributed by atoms with E-state index >= 15 is 0 Å². The molecule has 0 amide bonds. The lowest BCUT2D eigenvalue weighted by molar-refractivity contribution is -0.235. The Labute approximate surface area is 338 Å². The lowest BCUT2D eigenvalue weighted by Crippen LogP contribution is -2.66. The minimum Gasteiger partial charge on any atom is -0.481 e. The normalized spacial score (nSPS) is 35.9. The standard InChI is InChI=1S/C48H74N2O6/c1-31(2)40-34(51)27-48(37(52)30-50(26-25-49(10)11)29-32-15-13-12-14-16-32)24-23-46(8)33(41(40)48)17-18-36-45(7)21-20-38(56-39(53)28-43(3,4)42(54)55)44(5,6)35(45)19-22-47(36,46)9/h12-16,31,33,35-38,52H,17-30H2,1-11H3,(H,54,55)/t33-,35?,36-,37?,38+,45+,46-,47-,48+/m1/s1. The van der Waals surface area contributed by atoms with Gasteiger partial charge in [0.25, 0.3) is 0 Å². The molecule has 0 aliphatic heterocycles. The first-order chi connectivity index (χ1) is 26.0. The van der Waals surface area contributed by atoms with Gasteiger partial charge in [0.2, 0.25) is 0 Å². The fourth-order valence-electron chi connectivity index (χ4n) is 13.7. The Balaban J connectivity index is 1.29. The topological polar surface area (TPSA) is 107 Å². The van der Waals surface area contributed by atoms with Crippen molar-refractivity contribution < 1.29 is 29.3 Å². The molecule has 0 radical (unpaired) electrons. The number of carboxylic acids is 1. The van der Waals surface area contributed by atoms with Gasteiger partial charge in [-0.3, -0.25) is 19.3 Å². The van der Waals surface area contributed by atoms with Gasteiger partial charge in [0.05, 0.1) is 17.9 Å². The van der Waals surface area contributed by atoms with Crippen LogP contribution in [0.1, 0.15) is 132 Å². The SMILES string of the molecule is CC(C)C1=C2[C@H]3CC[C@@H]4[C@@]5(C)CC[C@H](OC(=O)CC(C)(C)C(=O)O)C(C)(C)C5CC[C@@]4(C)[C@]3(C)CC[C@@]2(C(O)CN(CCN(C)C)Cc2ccccc2)CC1=O. The van der Waals surface area contributed by atoms with E-state index in [2.05, 4.69) is 96.6 Å². The van der Waals surface area contributed by atoms with Crippen LogP contribution in [-0.4, -0.2) is 83.7 Å². The number of carbonyl (C=O) groups is 3. The number of fused-ring (bicyclic) bond motifs is 7. The highest BCUT2D eigenvalue weighted by Gasteiger charge is 2.71. The molecule has 9 atom stereocenters. The summed E-state index contributed by atoms with van der Waals surface area (Å²) in [5.74, 6) is 0.0748. The largest absolute Gasteiger partial charge is 0.481 e. The van der Waals surface area contributed by atoms with Crippen LogP contribution in [0.4, 0.5) is 0 Å². The summed E-state index contributed by atoms with van der Waals surface area (Å²) in [6, 6.07) is 10.5. The molecule has 2 unspecified atom stereocenters. The number of carboxylic acid groups (broad SMARTS) is 1. The molecule has 1 aromatic carbocycles. The number of aliphatic hydroxyl groups is 1. The van der Waals surface area contributed by atoms with Crippen molar-refractivity contribution in [3.8, 4) is 0 Å². The van der Waals surface area contributed by atoms with Crippen LogP contribution in [0.5, 0.6) is 0 Å². The Morgan fingerprint density at radius 1 is 0.893 bits per heavy atom. The molecule has 2 N–H and O–H groups in total. The van der Waals surface area contributed by atoms with E-state index in [1.807, 2.05) is 6.07 Å². The molecule has 312 valence electrons. The van der Waals surface area contributed by atoms with Gasteiger partial charge in [-0.2, -0.15) is 0 Å². The zero-order valence-corrected chi connectivity index (χ0v) is 36.7. The minimum atomic E-state index is -1.17. The number of hydrogen-bond donors (Lipinski definition) is 2. The Morgan fingerprint density at radius 2 is 1.57 bits per heavy atom. The number of carbonyl (C=O) groups excluding carboxylic acids is 2. The summed E-state index contributed by atoms with van der Waals surface area (Å²) in [6.07, 6.45) is 7.28. The van der Waals surface area contributed by atoms with Crippen molar-refractivity contribution in [2.45, 2.75) is 145 Å². The Kier molecular flexibility index (Phi) is 11.7. The molecular formula is C48H74N2O6. The second-order valence-electron chi connectivity index (χ2n) is 21.6. The smallest absolute Gasteiger partial charge is 0.309 e. The number of allylic oxidation sites excluding steroid dienone is 1. The summed E-state index contributed by atoms with van der Waals surface area (Å²) in [4.78, 5) is 43.8. The molecule has 6 rings (SSSR count). The van der Waals surface area contributed by atoms with Crippen molar-refractivity contribution in [1.29, 1.82) is 0 Å². The van der Waals surface area contributed by atoms with Crippen LogP contribution in [0.15, 0.2) is 41.5 Å². The highest BCUT2D eigenvalue weighted by molar-refractivity contribution is 6.00. The van der Waals surface area contributed by atoms with Crippen LogP contribution in [0.25, 0.3) is 0 Å². The molecule has 56 heavy (non-hydrogen) atoms. The fraction of sp³-hybridized carbons (Fsp3) is 0.771. The van der Waals surface area contributed by atoms with Crippen LogP contribution in [-0.2, 0) is 25.7 Å². The van der Waals surface area contributed by atoms with E-state index in [0.717, 1.165) is 76.6 Å². The predicted octanol–water partition coefficient (Wildman–Crippen LogP) is 8.80. The maximum absolute atomic E-state index is 14.3. The van der Waals surface area contributed by atoms with Gasteiger partial charge >= 0.3 is 11.9 Å². The average molecular weight is 775 g/mol. The number of Topliss-reactive ketones (excluding diaryl/α,β-unsaturated/α-hetero) is 1. The van der Waals surface area contributed by atoms with Crippen molar-refractivity contribution in [2.75, 3.05) is 33.7 Å². The third-order valence-electron chi connectivity index (χ3n) is 17.0. The molecular weight excluding hydrogens is 701 g/mol. The van der Waals surface area contributed by atoms with Crippen LogP contribution < -0.4 is 0 Å². The quantitative estimate of drug-likeness (QED) is 0.192. The van der Waals surface area contributed by atoms with Gasteiger partial charge in [-0.25, -0.2) is 0 Å². The maximum Gasteiger partial charge on any atom is 0.309 e. The van der Waals surface area contributed by atoms with E-state index in [1.54, 1.807) is 13.8 Å². The monoisotopic (exact) mass is 775 g/mol. The summed E-state index contributed by atoms with van der Waals surface area (Å²) in [5.41, 5.74) is 1.72. The van der Waals surface area contributed by atoms with Gasteiger partial charge < -0.3 is 19.8 Å². The number of ketones is 1. The number of likely N-dealkylation sites (N-methyl/N-ethyl adjacent to an activating group) is 1. The van der Waals surface area contributed by atoms with Crippen molar-refractivity contribution in [1.82, 2.24) is 9.80 Å². The first-order valence-electron chi connectivity index (χ1n) is 21.8. The third-order valence-corrected chi connectivity index (χ3v) is 17.0. The molecule has 0 bridgehead atoms. The highest BCUT2D eigenvalue weighted by Crippen LogP contribution is 2.77. The molecule has 4 saturated carbocycles. The Bertz CT molecular complexity index is 1680. The van der Waals surface area contributed by atoms with Crippen LogP contribution in [0, 0.1) is 56.2 Å². The molecule has 5 aliphatic rings. The fourth-order valence-corrected chi connectivity index (χ4v) is 13.7. The van der Waals surface area contributed by atoms with Crippen molar-refractivity contribution >= 4 is 17.7 Å². The van der Waals surface area contributed by atoms with Gasteiger partial charge in [0.1, 0.15) is 6.10 Å². The highest BCUT2D eigenvalue weighted by atomic mass is 16.5. The number of nitrogens with zero attached hydrogens (tertiary/aromatic N) is 2. The number of rotatable bonds is 13. The molecule has 8 heteroatoms. The summed E-state index contributed by atoms with van der Waals surface area (Å²) in [5, 5.41) is 22.3. The zero-order chi connectivity index (χ0) is 41.2. The molecule has 8 nitrogen and oxygen atoms in total. The van der Waals surface area contributed by atoms with Crippen molar-refractivity contribution in [3.05, 3.63) is 47.0 Å². The number of aliphatic hydroxyl groups excluding tert-OH is 1. The molecule has 0 heterocycles. The van der Waals surface area contributed by atoms with Gasteiger partial charge in [0, 0.05) is 43.4 Å². The lowest BCUT2D eigenvalue weighted by atomic mass is 9.33. The van der Waals surface area contributed by atoms with E-state index in [1.165, 1.54) is 11.1 Å². The molecule has 0 saturated heterocycles. The van der Waals surface area contributed by atoms with Gasteiger partial charge in [-0.05, 0) is 130 Å². The number of hydrogen-bond acceptors (Lipinski definition) is 7. The molecule has 0 spiro atoms. The number of aliphatic carboxylic acids is 1. The van der Waals surface area contributed by atoms with E-state index in [4.69, 9.17) is 4.74 Å². The Morgan fingerprint density at radius 3 is 2.20 bits per heavy atom. The van der Waals surface area contributed by atoms with E-state index in [0.29, 0.717) is 24.8 Å². The van der Waals surface area contributed by atoms with Crippen LogP contribution in [0.3, 0.4) is 0 Å². The minimum absolute atomic E-state index is 0.0161. The third kappa shape index (κ3) is 7.14. The van der Waals surface area contributed by atoms with E-state index in [9.17, 15) is 24.6 Å². The van der Waals surface area contributed by atoms with Crippen molar-refractivity contribution in [2.24, 2.45) is 56.2 Å². The summed E-state index contributed by atoms with van der Waals surface area (Å²) in [6.45, 7) is 22.8. The number of ether oxygens (including phenoxy) is 1.